The molecule has 0 atom stereocenters. The Kier molecular flexibility index (Phi) is 3.29. The third-order valence-corrected chi connectivity index (χ3v) is 2.79. The van der Waals surface area contributed by atoms with Crippen molar-refractivity contribution in [3.63, 3.8) is 0 Å². The summed E-state index contributed by atoms with van der Waals surface area (Å²) < 4.78 is 1.66. The van der Waals surface area contributed by atoms with E-state index < -0.39 is 0 Å². The summed E-state index contributed by atoms with van der Waals surface area (Å²) in [6, 6.07) is 1.57. The lowest BCUT2D eigenvalue weighted by Gasteiger charge is -2.04. The molecule has 0 aliphatic heterocycles. The highest BCUT2D eigenvalue weighted by atomic mass is 35.5. The Bertz CT molecular complexity index is 607. The first-order valence-corrected chi connectivity index (χ1v) is 5.67. The molecule has 2 aromatic heterocycles. The van der Waals surface area contributed by atoms with E-state index >= 15 is 0 Å². The van der Waals surface area contributed by atoms with E-state index in [1.807, 2.05) is 6.92 Å². The van der Waals surface area contributed by atoms with Crippen LogP contribution in [0.4, 0.5) is 5.82 Å². The molecule has 2 aromatic rings. The number of anilines is 1. The summed E-state index contributed by atoms with van der Waals surface area (Å²) in [6.45, 7) is 3.62. The molecule has 2 rings (SSSR count). The van der Waals surface area contributed by atoms with E-state index in [1.54, 1.807) is 24.7 Å². The second-order valence-electron chi connectivity index (χ2n) is 3.83. The average Bonchev–Trinajstić information content (AvgIpc) is 2.53. The Morgan fingerprint density at radius 3 is 2.72 bits per heavy atom. The van der Waals surface area contributed by atoms with Crippen molar-refractivity contribution in [1.29, 1.82) is 0 Å². The first-order chi connectivity index (χ1) is 8.49. The predicted octanol–water partition coefficient (Wildman–Crippen LogP) is 1.73. The first kappa shape index (κ1) is 12.5. The summed E-state index contributed by atoms with van der Waals surface area (Å²) in [6.07, 6.45) is 1.48. The van der Waals surface area contributed by atoms with Gasteiger partial charge in [0, 0.05) is 18.9 Å². The maximum atomic E-state index is 12.1. The van der Waals surface area contributed by atoms with Crippen molar-refractivity contribution in [2.24, 2.45) is 7.05 Å². The van der Waals surface area contributed by atoms with Gasteiger partial charge in [0.1, 0.15) is 5.82 Å². The van der Waals surface area contributed by atoms with Gasteiger partial charge in [-0.25, -0.2) is 9.97 Å². The number of hydrogen-bond donors (Lipinski definition) is 1. The zero-order chi connectivity index (χ0) is 13.3. The number of amides is 1. The van der Waals surface area contributed by atoms with Gasteiger partial charge in [0.25, 0.3) is 5.91 Å². The van der Waals surface area contributed by atoms with Gasteiger partial charge in [0.2, 0.25) is 5.28 Å². The maximum Gasteiger partial charge on any atom is 0.260 e. The van der Waals surface area contributed by atoms with Crippen molar-refractivity contribution in [3.8, 4) is 0 Å². The topological polar surface area (TPSA) is 72.7 Å². The molecular formula is C11H12ClN5O. The summed E-state index contributed by atoms with van der Waals surface area (Å²) in [5.74, 6) is 0.107. The van der Waals surface area contributed by atoms with E-state index in [4.69, 9.17) is 11.6 Å². The highest BCUT2D eigenvalue weighted by molar-refractivity contribution is 6.28. The summed E-state index contributed by atoms with van der Waals surface area (Å²) in [7, 11) is 1.79. The molecule has 2 heterocycles. The Morgan fingerprint density at radius 1 is 1.44 bits per heavy atom. The minimum Gasteiger partial charge on any atom is -0.306 e. The van der Waals surface area contributed by atoms with Crippen LogP contribution in [0, 0.1) is 13.8 Å². The average molecular weight is 266 g/mol. The summed E-state index contributed by atoms with van der Waals surface area (Å²) in [4.78, 5) is 19.8. The maximum absolute atomic E-state index is 12.1. The molecule has 94 valence electrons. The first-order valence-electron chi connectivity index (χ1n) is 5.29. The monoisotopic (exact) mass is 265 g/mol. The molecule has 0 saturated carbocycles. The minimum atomic E-state index is -0.257. The lowest BCUT2D eigenvalue weighted by atomic mass is 10.2. The van der Waals surface area contributed by atoms with Gasteiger partial charge in [-0.1, -0.05) is 0 Å². The lowest BCUT2D eigenvalue weighted by Crippen LogP contribution is -2.15. The third kappa shape index (κ3) is 2.33. The second-order valence-corrected chi connectivity index (χ2v) is 4.17. The molecule has 1 N–H and O–H groups in total. The van der Waals surface area contributed by atoms with Crippen molar-refractivity contribution in [1.82, 2.24) is 19.7 Å². The Morgan fingerprint density at radius 2 is 2.17 bits per heavy atom. The number of carbonyl (C=O) groups is 1. The van der Waals surface area contributed by atoms with E-state index in [-0.39, 0.29) is 11.2 Å². The van der Waals surface area contributed by atoms with Crippen molar-refractivity contribution in [2.45, 2.75) is 13.8 Å². The van der Waals surface area contributed by atoms with Crippen LogP contribution >= 0.6 is 11.6 Å². The highest BCUT2D eigenvalue weighted by Crippen LogP contribution is 2.14. The van der Waals surface area contributed by atoms with E-state index in [0.717, 1.165) is 5.69 Å². The molecule has 1 amide bonds. The van der Waals surface area contributed by atoms with Crippen LogP contribution in [0.5, 0.6) is 0 Å². The number of nitrogens with one attached hydrogen (secondary N) is 1. The molecule has 0 aromatic carbocycles. The van der Waals surface area contributed by atoms with Gasteiger partial charge in [-0.2, -0.15) is 5.10 Å². The smallest absolute Gasteiger partial charge is 0.260 e. The molecule has 0 aliphatic rings. The fourth-order valence-corrected chi connectivity index (χ4v) is 1.83. The summed E-state index contributed by atoms with van der Waals surface area (Å²) >= 11 is 5.65. The van der Waals surface area contributed by atoms with Gasteiger partial charge in [0.05, 0.1) is 11.3 Å². The molecule has 0 spiro atoms. The molecule has 0 radical (unpaired) electrons. The zero-order valence-electron chi connectivity index (χ0n) is 10.2. The van der Waals surface area contributed by atoms with Gasteiger partial charge in [0.15, 0.2) is 0 Å². The molecule has 18 heavy (non-hydrogen) atoms. The number of carbonyl (C=O) groups excluding carboxylic acids is 1. The number of aryl methyl sites for hydroxylation is 2. The van der Waals surface area contributed by atoms with Crippen molar-refractivity contribution in [3.05, 3.63) is 34.5 Å². The van der Waals surface area contributed by atoms with Gasteiger partial charge < -0.3 is 5.32 Å². The Hall–Kier alpha value is -1.95. The minimum absolute atomic E-state index is 0.0902. The standard InChI is InChI=1S/C11H12ClN5O/c1-6-9(7(2)17(3)16-6)10(18)14-8-4-5-13-11(12)15-8/h4-5H,1-3H3,(H,13,14,15,18). The number of nitrogens with zero attached hydrogens (tertiary/aromatic N) is 4. The largest absolute Gasteiger partial charge is 0.306 e. The number of rotatable bonds is 2. The zero-order valence-corrected chi connectivity index (χ0v) is 11.0. The van der Waals surface area contributed by atoms with Crippen LogP contribution in [0.2, 0.25) is 5.28 Å². The Labute approximate surface area is 109 Å². The quantitative estimate of drug-likeness (QED) is 0.840. The molecule has 6 nitrogen and oxygen atoms in total. The van der Waals surface area contributed by atoms with Crippen LogP contribution in [0.25, 0.3) is 0 Å². The molecule has 0 aliphatic carbocycles. The Balaban J connectivity index is 2.27. The van der Waals surface area contributed by atoms with E-state index in [2.05, 4.69) is 20.4 Å². The number of hydrogen-bond acceptors (Lipinski definition) is 4. The molecular weight excluding hydrogens is 254 g/mol. The fourth-order valence-electron chi connectivity index (χ4n) is 1.69. The number of halogens is 1. The van der Waals surface area contributed by atoms with Crippen LogP contribution in [0.1, 0.15) is 21.7 Å². The van der Waals surface area contributed by atoms with Gasteiger partial charge >= 0.3 is 0 Å². The van der Waals surface area contributed by atoms with Crippen LogP contribution in [-0.4, -0.2) is 25.7 Å². The molecule has 0 saturated heterocycles. The van der Waals surface area contributed by atoms with Crippen molar-refractivity contribution < 1.29 is 4.79 Å². The second kappa shape index (κ2) is 4.73. The molecule has 0 unspecified atom stereocenters. The predicted molar refractivity (Wildman–Crippen MR) is 67.7 cm³/mol. The normalized spacial score (nSPS) is 10.4. The van der Waals surface area contributed by atoms with Crippen LogP contribution in [0.15, 0.2) is 12.3 Å². The van der Waals surface area contributed by atoms with Gasteiger partial charge in [-0.3, -0.25) is 9.48 Å². The number of aromatic nitrogens is 4. The van der Waals surface area contributed by atoms with Crippen LogP contribution in [0.3, 0.4) is 0 Å². The van der Waals surface area contributed by atoms with Crippen LogP contribution in [-0.2, 0) is 7.05 Å². The molecule has 7 heteroatoms. The summed E-state index contributed by atoms with van der Waals surface area (Å²) in [5, 5.41) is 6.94. The van der Waals surface area contributed by atoms with Gasteiger partial charge in [-0.15, -0.1) is 0 Å². The molecule has 0 fully saturated rings. The molecule has 0 bridgehead atoms. The third-order valence-electron chi connectivity index (χ3n) is 2.60. The SMILES string of the molecule is Cc1nn(C)c(C)c1C(=O)Nc1ccnc(Cl)n1. The lowest BCUT2D eigenvalue weighted by molar-refractivity contribution is 0.102. The van der Waals surface area contributed by atoms with Crippen molar-refractivity contribution in [2.75, 3.05) is 5.32 Å². The van der Waals surface area contributed by atoms with Gasteiger partial charge in [-0.05, 0) is 31.5 Å². The fraction of sp³-hybridized carbons (Fsp3) is 0.273. The summed E-state index contributed by atoms with van der Waals surface area (Å²) in [5.41, 5.74) is 2.02. The van der Waals surface area contributed by atoms with Crippen LogP contribution < -0.4 is 5.32 Å². The van der Waals surface area contributed by atoms with Crippen molar-refractivity contribution >= 4 is 23.3 Å². The van der Waals surface area contributed by atoms with E-state index in [9.17, 15) is 4.79 Å². The van der Waals surface area contributed by atoms with E-state index in [1.165, 1.54) is 6.20 Å². The highest BCUT2D eigenvalue weighted by Gasteiger charge is 2.17. The van der Waals surface area contributed by atoms with E-state index in [0.29, 0.717) is 17.1 Å².